The molecule has 0 saturated carbocycles. The van der Waals surface area contributed by atoms with Gasteiger partial charge in [-0.25, -0.2) is 4.79 Å². The van der Waals surface area contributed by atoms with E-state index in [2.05, 4.69) is 32.2 Å². The minimum atomic E-state index is -0.448. The van der Waals surface area contributed by atoms with Crippen LogP contribution in [0, 0.1) is 16.7 Å². The maximum absolute atomic E-state index is 12.2. The fraction of sp³-hybridized carbons (Fsp3) is 0.889. The van der Waals surface area contributed by atoms with Crippen LogP contribution in [0.4, 0.5) is 4.79 Å². The Morgan fingerprint density at radius 2 is 2.00 bits per heavy atom. The molecule has 0 aromatic carbocycles. The number of amides is 1. The molecule has 1 fully saturated rings. The molecule has 0 aromatic heterocycles. The third kappa shape index (κ3) is 7.22. The molecule has 5 heteroatoms. The average molecular weight is 323 g/mol. The van der Waals surface area contributed by atoms with Crippen LogP contribution in [0.5, 0.6) is 0 Å². The SMILES string of the molecule is CC1CC(NCC(C)(C)CCC#N)CCN1C(=O)OC(C)(C)C. The van der Waals surface area contributed by atoms with E-state index in [1.807, 2.05) is 25.7 Å². The number of likely N-dealkylation sites (tertiary alicyclic amines) is 1. The Labute approximate surface area is 141 Å². The van der Waals surface area contributed by atoms with Gasteiger partial charge in [0.15, 0.2) is 0 Å². The molecule has 0 spiro atoms. The molecule has 132 valence electrons. The van der Waals surface area contributed by atoms with Gasteiger partial charge < -0.3 is 15.0 Å². The Morgan fingerprint density at radius 3 is 2.52 bits per heavy atom. The van der Waals surface area contributed by atoms with Gasteiger partial charge >= 0.3 is 6.09 Å². The molecule has 0 aliphatic carbocycles. The first kappa shape index (κ1) is 19.8. The molecule has 1 rings (SSSR count). The van der Waals surface area contributed by atoms with Crippen molar-refractivity contribution in [1.29, 1.82) is 5.26 Å². The van der Waals surface area contributed by atoms with Crippen molar-refractivity contribution in [3.05, 3.63) is 0 Å². The van der Waals surface area contributed by atoms with E-state index >= 15 is 0 Å². The lowest BCUT2D eigenvalue weighted by Gasteiger charge is -2.39. The van der Waals surface area contributed by atoms with Crippen LogP contribution in [0.2, 0.25) is 0 Å². The summed E-state index contributed by atoms with van der Waals surface area (Å²) in [6.07, 6.45) is 3.18. The Kier molecular flexibility index (Phi) is 6.88. The van der Waals surface area contributed by atoms with Gasteiger partial charge in [0.2, 0.25) is 0 Å². The molecule has 1 aliphatic heterocycles. The lowest BCUT2D eigenvalue weighted by atomic mass is 9.87. The lowest BCUT2D eigenvalue weighted by molar-refractivity contribution is 0.00902. The van der Waals surface area contributed by atoms with E-state index in [4.69, 9.17) is 10.00 Å². The Balaban J connectivity index is 2.44. The standard InChI is InChI=1S/C18H33N3O2/c1-14-12-15(20-13-18(5,6)9-7-10-19)8-11-21(14)16(22)23-17(2,3)4/h14-15,20H,7-9,11-13H2,1-6H3. The summed E-state index contributed by atoms with van der Waals surface area (Å²) < 4.78 is 5.48. The van der Waals surface area contributed by atoms with Crippen molar-refractivity contribution in [1.82, 2.24) is 10.2 Å². The number of nitriles is 1. The predicted octanol–water partition coefficient (Wildman–Crippen LogP) is 3.69. The minimum absolute atomic E-state index is 0.126. The molecular formula is C18H33N3O2. The number of ether oxygens (including phenoxy) is 1. The second-order valence-corrected chi connectivity index (χ2v) is 8.45. The maximum Gasteiger partial charge on any atom is 0.410 e. The summed E-state index contributed by atoms with van der Waals surface area (Å²) in [4.78, 5) is 14.1. The highest BCUT2D eigenvalue weighted by Gasteiger charge is 2.32. The van der Waals surface area contributed by atoms with Gasteiger partial charge in [-0.2, -0.15) is 5.26 Å². The highest BCUT2D eigenvalue weighted by Crippen LogP contribution is 2.24. The van der Waals surface area contributed by atoms with Gasteiger partial charge in [-0.3, -0.25) is 0 Å². The summed E-state index contributed by atoms with van der Waals surface area (Å²) in [7, 11) is 0. The summed E-state index contributed by atoms with van der Waals surface area (Å²) in [5, 5.41) is 12.3. The fourth-order valence-electron chi connectivity index (χ4n) is 2.85. The molecule has 1 amide bonds. The number of carbonyl (C=O) groups is 1. The van der Waals surface area contributed by atoms with Crippen LogP contribution < -0.4 is 5.32 Å². The van der Waals surface area contributed by atoms with E-state index in [1.54, 1.807) is 0 Å². The maximum atomic E-state index is 12.2. The van der Waals surface area contributed by atoms with Gasteiger partial charge in [0.05, 0.1) is 6.07 Å². The third-order valence-corrected chi connectivity index (χ3v) is 4.29. The largest absolute Gasteiger partial charge is 0.444 e. The quantitative estimate of drug-likeness (QED) is 0.838. The second-order valence-electron chi connectivity index (χ2n) is 8.45. The first-order valence-electron chi connectivity index (χ1n) is 8.64. The van der Waals surface area contributed by atoms with Crippen LogP contribution in [-0.2, 0) is 4.74 Å². The average Bonchev–Trinajstić information content (AvgIpc) is 2.41. The van der Waals surface area contributed by atoms with Crippen molar-refractivity contribution in [2.24, 2.45) is 5.41 Å². The van der Waals surface area contributed by atoms with Crippen LogP contribution in [0.3, 0.4) is 0 Å². The number of carbonyl (C=O) groups excluding carboxylic acids is 1. The van der Waals surface area contributed by atoms with Gasteiger partial charge in [-0.1, -0.05) is 13.8 Å². The molecule has 23 heavy (non-hydrogen) atoms. The van der Waals surface area contributed by atoms with Gasteiger partial charge in [-0.15, -0.1) is 0 Å². The molecule has 5 nitrogen and oxygen atoms in total. The van der Waals surface area contributed by atoms with Gasteiger partial charge in [0, 0.05) is 31.6 Å². The summed E-state index contributed by atoms with van der Waals surface area (Å²) in [5.41, 5.74) is -0.321. The van der Waals surface area contributed by atoms with Crippen molar-refractivity contribution in [2.45, 2.75) is 84.9 Å². The zero-order valence-electron chi connectivity index (χ0n) is 15.6. The number of hydrogen-bond donors (Lipinski definition) is 1. The van der Waals surface area contributed by atoms with Crippen LogP contribution in [0.15, 0.2) is 0 Å². The summed E-state index contributed by atoms with van der Waals surface area (Å²) >= 11 is 0. The molecule has 1 N–H and O–H groups in total. The normalized spacial score (nSPS) is 22.6. The molecule has 0 bridgehead atoms. The number of rotatable bonds is 5. The number of nitrogens with zero attached hydrogens (tertiary/aromatic N) is 2. The van der Waals surface area contributed by atoms with Crippen LogP contribution in [0.1, 0.15) is 67.2 Å². The third-order valence-electron chi connectivity index (χ3n) is 4.29. The molecule has 2 atom stereocenters. The minimum Gasteiger partial charge on any atom is -0.444 e. The molecule has 1 saturated heterocycles. The zero-order valence-corrected chi connectivity index (χ0v) is 15.6. The summed E-state index contributed by atoms with van der Waals surface area (Å²) in [5.74, 6) is 0. The smallest absolute Gasteiger partial charge is 0.410 e. The molecule has 0 aromatic rings. The van der Waals surface area contributed by atoms with Crippen LogP contribution in [-0.4, -0.2) is 41.8 Å². The van der Waals surface area contributed by atoms with Crippen molar-refractivity contribution < 1.29 is 9.53 Å². The van der Waals surface area contributed by atoms with E-state index in [0.717, 1.165) is 32.4 Å². The number of hydrogen-bond acceptors (Lipinski definition) is 4. The van der Waals surface area contributed by atoms with E-state index in [0.29, 0.717) is 12.5 Å². The van der Waals surface area contributed by atoms with Gasteiger partial charge in [0.1, 0.15) is 5.60 Å². The van der Waals surface area contributed by atoms with Crippen molar-refractivity contribution >= 4 is 6.09 Å². The highest BCUT2D eigenvalue weighted by molar-refractivity contribution is 5.68. The zero-order chi connectivity index (χ0) is 17.7. The Bertz CT molecular complexity index is 435. The van der Waals surface area contributed by atoms with Crippen molar-refractivity contribution in [3.63, 3.8) is 0 Å². The highest BCUT2D eigenvalue weighted by atomic mass is 16.6. The van der Waals surface area contributed by atoms with Crippen LogP contribution >= 0.6 is 0 Å². The Hall–Kier alpha value is -1.28. The summed E-state index contributed by atoms with van der Waals surface area (Å²) in [6.45, 7) is 13.8. The predicted molar refractivity (Wildman–Crippen MR) is 92.1 cm³/mol. The molecular weight excluding hydrogens is 290 g/mol. The van der Waals surface area contributed by atoms with Crippen molar-refractivity contribution in [2.75, 3.05) is 13.1 Å². The second kappa shape index (κ2) is 8.01. The Morgan fingerprint density at radius 1 is 1.35 bits per heavy atom. The first-order chi connectivity index (χ1) is 10.5. The number of piperidine rings is 1. The molecule has 2 unspecified atom stereocenters. The first-order valence-corrected chi connectivity index (χ1v) is 8.64. The lowest BCUT2D eigenvalue weighted by Crippen LogP contribution is -2.52. The molecule has 0 radical (unpaired) electrons. The monoisotopic (exact) mass is 323 g/mol. The van der Waals surface area contributed by atoms with Crippen molar-refractivity contribution in [3.8, 4) is 6.07 Å². The van der Waals surface area contributed by atoms with E-state index in [-0.39, 0.29) is 17.6 Å². The van der Waals surface area contributed by atoms with E-state index in [1.165, 1.54) is 0 Å². The fourth-order valence-corrected chi connectivity index (χ4v) is 2.85. The summed E-state index contributed by atoms with van der Waals surface area (Å²) in [6, 6.07) is 2.82. The molecule has 1 aliphatic rings. The topological polar surface area (TPSA) is 65.4 Å². The van der Waals surface area contributed by atoms with Crippen LogP contribution in [0.25, 0.3) is 0 Å². The van der Waals surface area contributed by atoms with E-state index in [9.17, 15) is 4.79 Å². The van der Waals surface area contributed by atoms with Gasteiger partial charge in [-0.05, 0) is 52.4 Å². The van der Waals surface area contributed by atoms with E-state index < -0.39 is 5.60 Å². The number of nitrogens with one attached hydrogen (secondary N) is 1. The molecule has 1 heterocycles. The van der Waals surface area contributed by atoms with Gasteiger partial charge in [0.25, 0.3) is 0 Å².